The molecule has 10 nitrogen and oxygen atoms in total. The van der Waals surface area contributed by atoms with E-state index < -0.39 is 29.1 Å². The minimum Gasteiger partial charge on any atom is -0.486 e. The smallest absolute Gasteiger partial charge is 0.416 e. The van der Waals surface area contributed by atoms with Crippen LogP contribution in [0, 0.1) is 0 Å². The molecule has 1 aliphatic rings. The van der Waals surface area contributed by atoms with E-state index in [4.69, 9.17) is 9.47 Å². The molecule has 1 aromatic heterocycles. The molecule has 270 valence electrons. The lowest BCUT2D eigenvalue weighted by molar-refractivity contribution is -0.137. The Bertz CT molecular complexity index is 2110. The van der Waals surface area contributed by atoms with Crippen molar-refractivity contribution in [3.05, 3.63) is 113 Å². The lowest BCUT2D eigenvalue weighted by Gasteiger charge is -2.25. The number of aromatic nitrogens is 2. The zero-order valence-corrected chi connectivity index (χ0v) is 29.5. The first-order chi connectivity index (χ1) is 24.6. The van der Waals surface area contributed by atoms with Crippen LogP contribution in [0.4, 0.5) is 34.1 Å². The van der Waals surface area contributed by atoms with Gasteiger partial charge in [-0.15, -0.1) is 0 Å². The van der Waals surface area contributed by atoms with Gasteiger partial charge in [0.25, 0.3) is 5.24 Å². The number of H-pyrrole nitrogens is 1. The first-order valence-corrected chi connectivity index (χ1v) is 17.3. The molecule has 2 unspecified atom stereocenters. The first kappa shape index (κ1) is 36.3. The average molecular weight is 732 g/mol. The molecule has 1 fully saturated rings. The molecule has 0 aliphatic carbocycles. The number of urea groups is 1. The Kier molecular flexibility index (Phi) is 10.2. The molecule has 5 aromatic rings. The van der Waals surface area contributed by atoms with Crippen molar-refractivity contribution in [2.75, 3.05) is 10.6 Å². The van der Waals surface area contributed by atoms with Crippen molar-refractivity contribution in [3.8, 4) is 11.5 Å². The number of carbonyl (C=O) groups excluding carboxylic acids is 3. The quantitative estimate of drug-likeness (QED) is 0.113. The fourth-order valence-corrected chi connectivity index (χ4v) is 6.53. The number of hydrogen-bond donors (Lipinski definition) is 4. The fourth-order valence-electron chi connectivity index (χ4n) is 5.67. The maximum atomic E-state index is 13.0. The molecular formula is C38H36F3N5O5S. The number of amides is 4. The minimum absolute atomic E-state index is 0.193. The third-order valence-electron chi connectivity index (χ3n) is 8.34. The van der Waals surface area contributed by atoms with E-state index in [1.54, 1.807) is 0 Å². The van der Waals surface area contributed by atoms with E-state index in [-0.39, 0.29) is 28.9 Å². The van der Waals surface area contributed by atoms with Crippen molar-refractivity contribution in [2.24, 2.45) is 0 Å². The van der Waals surface area contributed by atoms with E-state index in [9.17, 15) is 27.6 Å². The maximum Gasteiger partial charge on any atom is 0.416 e. The van der Waals surface area contributed by atoms with Crippen LogP contribution in [0.25, 0.3) is 11.0 Å². The number of hydrogen-bond acceptors (Lipinski definition) is 7. The summed E-state index contributed by atoms with van der Waals surface area (Å²) in [5.41, 5.74) is 3.70. The van der Waals surface area contributed by atoms with Crippen LogP contribution in [0.15, 0.2) is 84.9 Å². The fraction of sp³-hybridized carbons (Fsp3) is 0.263. The summed E-state index contributed by atoms with van der Waals surface area (Å²) in [7, 11) is 0. The van der Waals surface area contributed by atoms with Gasteiger partial charge in [-0.25, -0.2) is 9.78 Å². The Hall–Kier alpha value is -5.50. The number of benzene rings is 4. The molecule has 52 heavy (non-hydrogen) atoms. The van der Waals surface area contributed by atoms with E-state index in [2.05, 4.69) is 25.9 Å². The largest absolute Gasteiger partial charge is 0.486 e. The number of nitrogens with one attached hydrogen (secondary N) is 4. The van der Waals surface area contributed by atoms with Crippen LogP contribution < -0.4 is 25.4 Å². The Morgan fingerprint density at radius 3 is 2.29 bits per heavy atom. The number of anilines is 2. The lowest BCUT2D eigenvalue weighted by Crippen LogP contribution is -2.25. The molecule has 0 spiro atoms. The van der Waals surface area contributed by atoms with Gasteiger partial charge in [0.1, 0.15) is 30.0 Å². The van der Waals surface area contributed by atoms with Crippen molar-refractivity contribution in [3.63, 3.8) is 0 Å². The number of imidazole rings is 1. The van der Waals surface area contributed by atoms with Gasteiger partial charge in [0.05, 0.1) is 21.8 Å². The summed E-state index contributed by atoms with van der Waals surface area (Å²) in [6.07, 6.45) is -4.44. The second-order valence-electron chi connectivity index (χ2n) is 13.4. The van der Waals surface area contributed by atoms with Crippen molar-refractivity contribution < 1.29 is 37.0 Å². The predicted molar refractivity (Wildman–Crippen MR) is 194 cm³/mol. The minimum atomic E-state index is -4.47. The van der Waals surface area contributed by atoms with E-state index in [0.29, 0.717) is 29.4 Å². The summed E-state index contributed by atoms with van der Waals surface area (Å²) >= 11 is 0.998. The summed E-state index contributed by atoms with van der Waals surface area (Å²) < 4.78 is 51.1. The average Bonchev–Trinajstić information content (AvgIpc) is 3.63. The molecule has 4 aromatic carbocycles. The molecule has 2 heterocycles. The van der Waals surface area contributed by atoms with Gasteiger partial charge in [-0.3, -0.25) is 14.9 Å². The first-order valence-electron chi connectivity index (χ1n) is 16.4. The van der Waals surface area contributed by atoms with Crippen LogP contribution in [0.3, 0.4) is 0 Å². The molecule has 4 N–H and O–H groups in total. The number of fused-ring (bicyclic) bond motifs is 1. The number of thioether (sulfide) groups is 1. The van der Waals surface area contributed by atoms with Crippen LogP contribution in [-0.4, -0.2) is 32.4 Å². The Labute approximate surface area is 301 Å². The number of carbonyl (C=O) groups is 3. The molecular weight excluding hydrogens is 696 g/mol. The normalized spacial score (nSPS) is 15.3. The highest BCUT2D eigenvalue weighted by Gasteiger charge is 2.32. The number of halogens is 3. The van der Waals surface area contributed by atoms with E-state index >= 15 is 0 Å². The standard InChI is InChI=1S/C38H36F3N5O5S/c1-21(23-7-15-28(37(2,3)4)30(18-23)45-35(48)42-25-10-8-24(9-11-25)38(39,40)41)51-27-14-16-29-31(19-27)44-33(43-29)20-50-26-12-5-22(6-13-26)17-32-34(47)46-36(49)52-32/h5-16,18-19,21,32H,17,20H2,1-4H3,(H,43,44)(H2,42,45,48)(H,46,47,49). The van der Waals surface area contributed by atoms with Crippen molar-refractivity contribution in [1.29, 1.82) is 0 Å². The zero-order valence-electron chi connectivity index (χ0n) is 28.7. The molecule has 0 radical (unpaired) electrons. The number of nitrogens with zero attached hydrogens (tertiary/aromatic N) is 1. The Morgan fingerprint density at radius 2 is 1.63 bits per heavy atom. The summed E-state index contributed by atoms with van der Waals surface area (Å²) in [6.45, 7) is 8.12. The highest BCUT2D eigenvalue weighted by molar-refractivity contribution is 8.15. The van der Waals surface area contributed by atoms with Crippen molar-refractivity contribution >= 4 is 51.3 Å². The number of imide groups is 1. The molecule has 6 rings (SSSR count). The second kappa shape index (κ2) is 14.6. The SMILES string of the molecule is CC(Oc1ccc2nc(COc3ccc(CC4SC(=O)NC4=O)cc3)[nH]c2c1)c1ccc(C(C)(C)C)c(NC(=O)Nc2ccc(C(F)(F)F)cc2)c1. The lowest BCUT2D eigenvalue weighted by atomic mass is 9.85. The Morgan fingerprint density at radius 1 is 0.923 bits per heavy atom. The van der Waals surface area contributed by atoms with Crippen LogP contribution in [0.1, 0.15) is 61.9 Å². The van der Waals surface area contributed by atoms with E-state index in [1.165, 1.54) is 12.1 Å². The van der Waals surface area contributed by atoms with Gasteiger partial charge in [0, 0.05) is 17.4 Å². The number of ether oxygens (including phenoxy) is 2. The summed E-state index contributed by atoms with van der Waals surface area (Å²) in [4.78, 5) is 44.1. The molecule has 4 amide bonds. The summed E-state index contributed by atoms with van der Waals surface area (Å²) in [5, 5.41) is 7.00. The van der Waals surface area contributed by atoms with Gasteiger partial charge in [-0.05, 0) is 90.0 Å². The van der Waals surface area contributed by atoms with Crippen LogP contribution >= 0.6 is 11.8 Å². The van der Waals surface area contributed by atoms with Gasteiger partial charge in [0.15, 0.2) is 0 Å². The third kappa shape index (κ3) is 8.86. The molecule has 1 saturated heterocycles. The molecule has 0 bridgehead atoms. The van der Waals surface area contributed by atoms with Gasteiger partial charge in [0.2, 0.25) is 5.91 Å². The summed E-state index contributed by atoms with van der Waals surface area (Å²) in [5.74, 6) is 1.57. The monoisotopic (exact) mass is 731 g/mol. The highest BCUT2D eigenvalue weighted by Crippen LogP contribution is 2.34. The third-order valence-corrected chi connectivity index (χ3v) is 9.32. The van der Waals surface area contributed by atoms with Gasteiger partial charge >= 0.3 is 12.2 Å². The molecule has 14 heteroatoms. The van der Waals surface area contributed by atoms with Crippen LogP contribution in [0.2, 0.25) is 0 Å². The van der Waals surface area contributed by atoms with Gasteiger partial charge in [-0.1, -0.05) is 56.8 Å². The van der Waals surface area contributed by atoms with E-state index in [0.717, 1.165) is 51.6 Å². The van der Waals surface area contributed by atoms with Crippen LogP contribution in [-0.2, 0) is 29.4 Å². The number of alkyl halides is 3. The van der Waals surface area contributed by atoms with Crippen molar-refractivity contribution in [1.82, 2.24) is 15.3 Å². The topological polar surface area (TPSA) is 134 Å². The van der Waals surface area contributed by atoms with Gasteiger partial charge < -0.3 is 25.1 Å². The number of aromatic amines is 1. The number of rotatable bonds is 10. The molecule has 1 aliphatic heterocycles. The maximum absolute atomic E-state index is 13.0. The van der Waals surface area contributed by atoms with Crippen molar-refractivity contribution in [2.45, 2.75) is 63.7 Å². The molecule has 2 atom stereocenters. The second-order valence-corrected chi connectivity index (χ2v) is 14.5. The summed E-state index contributed by atoms with van der Waals surface area (Å²) in [6, 6.07) is 22.2. The predicted octanol–water partition coefficient (Wildman–Crippen LogP) is 9.14. The Balaban J connectivity index is 1.08. The van der Waals surface area contributed by atoms with Gasteiger partial charge in [-0.2, -0.15) is 13.2 Å². The highest BCUT2D eigenvalue weighted by atomic mass is 32.2. The zero-order chi connectivity index (χ0) is 37.2. The molecule has 0 saturated carbocycles. The van der Waals surface area contributed by atoms with Crippen LogP contribution in [0.5, 0.6) is 11.5 Å². The van der Waals surface area contributed by atoms with E-state index in [1.807, 2.05) is 88.4 Å².